The number of hydrogen-bond donors (Lipinski definition) is 0. The number of rotatable bonds is 4. The number of aromatic nitrogens is 1. The van der Waals surface area contributed by atoms with Crippen LogP contribution in [0, 0.1) is 0 Å². The number of hydrogen-bond acceptors (Lipinski definition) is 2. The Labute approximate surface area is 101 Å². The highest BCUT2D eigenvalue weighted by atomic mass is 16.5. The molecule has 3 heteroatoms. The second-order valence-corrected chi connectivity index (χ2v) is 3.86. The van der Waals surface area contributed by atoms with E-state index in [1.807, 2.05) is 59.4 Å². The van der Waals surface area contributed by atoms with Crippen LogP contribution in [0.5, 0.6) is 0 Å². The van der Waals surface area contributed by atoms with E-state index in [1.165, 1.54) is 7.11 Å². The first-order valence-electron chi connectivity index (χ1n) is 5.55. The monoisotopic (exact) mass is 229 g/mol. The standard InChI is InChI=1S/C14H15NO2/c1-17-14(16)13(15-9-5-6-10-15)11-12-7-3-2-4-8-12/h2-10,13H,11H2,1H3/t13-/m0/s1. The molecule has 3 nitrogen and oxygen atoms in total. The van der Waals surface area contributed by atoms with Crippen molar-refractivity contribution in [3.63, 3.8) is 0 Å². The van der Waals surface area contributed by atoms with Crippen molar-refractivity contribution in [3.8, 4) is 0 Å². The maximum Gasteiger partial charge on any atom is 0.329 e. The third-order valence-electron chi connectivity index (χ3n) is 2.73. The molecule has 0 fully saturated rings. The number of ether oxygens (including phenoxy) is 1. The molecule has 0 N–H and O–H groups in total. The molecule has 1 atom stereocenters. The summed E-state index contributed by atoms with van der Waals surface area (Å²) < 4.78 is 6.72. The van der Waals surface area contributed by atoms with Crippen LogP contribution in [-0.4, -0.2) is 17.6 Å². The number of methoxy groups -OCH3 is 1. The predicted molar refractivity (Wildman–Crippen MR) is 65.6 cm³/mol. The molecule has 0 bridgehead atoms. The van der Waals surface area contributed by atoms with Gasteiger partial charge in [0.05, 0.1) is 7.11 Å². The summed E-state index contributed by atoms with van der Waals surface area (Å²) in [5, 5.41) is 0. The van der Waals surface area contributed by atoms with E-state index >= 15 is 0 Å². The van der Waals surface area contributed by atoms with Crippen LogP contribution in [0.25, 0.3) is 0 Å². The molecule has 17 heavy (non-hydrogen) atoms. The first kappa shape index (κ1) is 11.5. The molecule has 0 aliphatic rings. The molecular formula is C14H15NO2. The Morgan fingerprint density at radius 1 is 1.18 bits per heavy atom. The molecule has 0 amide bonds. The molecule has 2 aromatic rings. The Hall–Kier alpha value is -2.03. The van der Waals surface area contributed by atoms with Gasteiger partial charge in [-0.05, 0) is 17.7 Å². The minimum atomic E-state index is -0.294. The maximum atomic E-state index is 11.8. The number of carbonyl (C=O) groups is 1. The first-order chi connectivity index (χ1) is 8.31. The summed E-state index contributed by atoms with van der Waals surface area (Å²) in [5.41, 5.74) is 1.12. The Morgan fingerprint density at radius 2 is 1.82 bits per heavy atom. The third-order valence-corrected chi connectivity index (χ3v) is 2.73. The zero-order chi connectivity index (χ0) is 12.1. The van der Waals surface area contributed by atoms with Crippen molar-refractivity contribution in [2.75, 3.05) is 7.11 Å². The van der Waals surface area contributed by atoms with E-state index < -0.39 is 0 Å². The van der Waals surface area contributed by atoms with Gasteiger partial charge in [-0.3, -0.25) is 0 Å². The Kier molecular flexibility index (Phi) is 3.60. The quantitative estimate of drug-likeness (QED) is 0.754. The van der Waals surface area contributed by atoms with Crippen LogP contribution in [0.15, 0.2) is 54.9 Å². The molecule has 0 saturated heterocycles. The van der Waals surface area contributed by atoms with Gasteiger partial charge in [0.15, 0.2) is 0 Å². The van der Waals surface area contributed by atoms with Gasteiger partial charge < -0.3 is 9.30 Å². The molecule has 1 aromatic heterocycles. The molecule has 0 radical (unpaired) electrons. The summed E-state index contributed by atoms with van der Waals surface area (Å²) in [6, 6.07) is 13.4. The van der Waals surface area contributed by atoms with E-state index in [2.05, 4.69) is 0 Å². The lowest BCUT2D eigenvalue weighted by atomic mass is 10.1. The van der Waals surface area contributed by atoms with E-state index in [0.717, 1.165) is 5.56 Å². The van der Waals surface area contributed by atoms with Crippen LogP contribution in [-0.2, 0) is 16.0 Å². The summed E-state index contributed by atoms with van der Waals surface area (Å²) in [7, 11) is 1.42. The SMILES string of the molecule is COC(=O)[C@H](Cc1ccccc1)n1cccc1. The van der Waals surface area contributed by atoms with E-state index in [-0.39, 0.29) is 12.0 Å². The van der Waals surface area contributed by atoms with Crippen LogP contribution >= 0.6 is 0 Å². The molecule has 88 valence electrons. The van der Waals surface area contributed by atoms with Crippen molar-refractivity contribution in [1.82, 2.24) is 4.57 Å². The molecule has 0 unspecified atom stereocenters. The largest absolute Gasteiger partial charge is 0.467 e. The zero-order valence-electron chi connectivity index (χ0n) is 9.74. The highest BCUT2D eigenvalue weighted by Crippen LogP contribution is 2.16. The Morgan fingerprint density at radius 3 is 2.41 bits per heavy atom. The number of nitrogens with zero attached hydrogens (tertiary/aromatic N) is 1. The van der Waals surface area contributed by atoms with Gasteiger partial charge in [0.25, 0.3) is 0 Å². The summed E-state index contributed by atoms with van der Waals surface area (Å²) in [6.45, 7) is 0. The van der Waals surface area contributed by atoms with Gasteiger partial charge >= 0.3 is 5.97 Å². The fourth-order valence-corrected chi connectivity index (χ4v) is 1.84. The summed E-state index contributed by atoms with van der Waals surface area (Å²) in [5.74, 6) is -0.218. The summed E-state index contributed by atoms with van der Waals surface area (Å²) in [6.07, 6.45) is 4.40. The van der Waals surface area contributed by atoms with Gasteiger partial charge in [-0.2, -0.15) is 0 Å². The van der Waals surface area contributed by atoms with Gasteiger partial charge in [-0.1, -0.05) is 30.3 Å². The van der Waals surface area contributed by atoms with Gasteiger partial charge in [-0.25, -0.2) is 4.79 Å². The zero-order valence-corrected chi connectivity index (χ0v) is 9.74. The van der Waals surface area contributed by atoms with Crippen LogP contribution in [0.4, 0.5) is 0 Å². The van der Waals surface area contributed by atoms with Gasteiger partial charge in [0, 0.05) is 18.8 Å². The topological polar surface area (TPSA) is 31.2 Å². The lowest BCUT2D eigenvalue weighted by Gasteiger charge is -2.16. The average molecular weight is 229 g/mol. The highest BCUT2D eigenvalue weighted by Gasteiger charge is 2.20. The number of carbonyl (C=O) groups excluding carboxylic acids is 1. The normalized spacial score (nSPS) is 12.1. The van der Waals surface area contributed by atoms with Crippen molar-refractivity contribution in [2.45, 2.75) is 12.5 Å². The maximum absolute atomic E-state index is 11.8. The van der Waals surface area contributed by atoms with Crippen LogP contribution in [0.2, 0.25) is 0 Å². The van der Waals surface area contributed by atoms with Crippen molar-refractivity contribution in [2.24, 2.45) is 0 Å². The van der Waals surface area contributed by atoms with Crippen LogP contribution in [0.3, 0.4) is 0 Å². The molecule has 1 heterocycles. The van der Waals surface area contributed by atoms with Crippen molar-refractivity contribution in [3.05, 3.63) is 60.4 Å². The minimum absolute atomic E-state index is 0.218. The number of esters is 1. The van der Waals surface area contributed by atoms with Gasteiger partial charge in [-0.15, -0.1) is 0 Å². The summed E-state index contributed by atoms with van der Waals surface area (Å²) >= 11 is 0. The summed E-state index contributed by atoms with van der Waals surface area (Å²) in [4.78, 5) is 11.8. The lowest BCUT2D eigenvalue weighted by molar-refractivity contribution is -0.144. The van der Waals surface area contributed by atoms with Crippen LogP contribution < -0.4 is 0 Å². The predicted octanol–water partition coefficient (Wildman–Crippen LogP) is 2.44. The van der Waals surface area contributed by atoms with Crippen molar-refractivity contribution < 1.29 is 9.53 Å². The number of benzene rings is 1. The fraction of sp³-hybridized carbons (Fsp3) is 0.214. The second kappa shape index (κ2) is 5.34. The Balaban J connectivity index is 2.20. The fourth-order valence-electron chi connectivity index (χ4n) is 1.84. The molecule has 2 rings (SSSR count). The second-order valence-electron chi connectivity index (χ2n) is 3.86. The van der Waals surface area contributed by atoms with Gasteiger partial charge in [0.2, 0.25) is 0 Å². The van der Waals surface area contributed by atoms with Crippen molar-refractivity contribution >= 4 is 5.97 Å². The molecule has 0 aliphatic heterocycles. The van der Waals surface area contributed by atoms with Crippen molar-refractivity contribution in [1.29, 1.82) is 0 Å². The lowest BCUT2D eigenvalue weighted by Crippen LogP contribution is -2.22. The molecule has 0 aliphatic carbocycles. The average Bonchev–Trinajstić information content (AvgIpc) is 2.90. The van der Waals surface area contributed by atoms with E-state index in [9.17, 15) is 4.79 Å². The first-order valence-corrected chi connectivity index (χ1v) is 5.55. The Bertz CT molecular complexity index is 462. The molecule has 1 aromatic carbocycles. The highest BCUT2D eigenvalue weighted by molar-refractivity contribution is 5.74. The van der Waals surface area contributed by atoms with E-state index in [0.29, 0.717) is 6.42 Å². The minimum Gasteiger partial charge on any atom is -0.467 e. The third kappa shape index (κ3) is 2.75. The van der Waals surface area contributed by atoms with Gasteiger partial charge in [0.1, 0.15) is 6.04 Å². The van der Waals surface area contributed by atoms with Crippen LogP contribution in [0.1, 0.15) is 11.6 Å². The smallest absolute Gasteiger partial charge is 0.329 e. The molecule has 0 saturated carbocycles. The van der Waals surface area contributed by atoms with E-state index in [4.69, 9.17) is 4.74 Å². The molecule has 0 spiro atoms. The molecular weight excluding hydrogens is 214 g/mol. The van der Waals surface area contributed by atoms with E-state index in [1.54, 1.807) is 0 Å².